The zero-order valence-electron chi connectivity index (χ0n) is 15.2. The molecule has 2 bridgehead atoms. The number of benzene rings is 1. The van der Waals surface area contributed by atoms with E-state index in [4.69, 9.17) is 9.47 Å². The Labute approximate surface area is 154 Å². The molecule has 1 saturated heterocycles. The Balaban J connectivity index is 1.56. The molecule has 3 aliphatic carbocycles. The van der Waals surface area contributed by atoms with Crippen molar-refractivity contribution in [2.45, 2.75) is 49.9 Å². The van der Waals surface area contributed by atoms with E-state index in [2.05, 4.69) is 23.1 Å². The number of allylic oxidation sites excluding steroid dienone is 2. The molecule has 136 valence electrons. The SMILES string of the molecule is COC1=CC=C2[C@H]3Cc4ccc(CO)c5c4[C@@]2(CCN3CC2CC2)C1O5. The van der Waals surface area contributed by atoms with E-state index >= 15 is 0 Å². The van der Waals surface area contributed by atoms with Gasteiger partial charge in [0.2, 0.25) is 0 Å². The predicted molar refractivity (Wildman–Crippen MR) is 98.0 cm³/mol. The van der Waals surface area contributed by atoms with Gasteiger partial charge in [0.25, 0.3) is 0 Å². The molecule has 1 N–H and O–H groups in total. The first-order valence-corrected chi connectivity index (χ1v) is 9.89. The van der Waals surface area contributed by atoms with E-state index in [-0.39, 0.29) is 18.1 Å². The highest BCUT2D eigenvalue weighted by Crippen LogP contribution is 2.61. The van der Waals surface area contributed by atoms with E-state index < -0.39 is 0 Å². The van der Waals surface area contributed by atoms with Crippen LogP contribution >= 0.6 is 0 Å². The van der Waals surface area contributed by atoms with Crippen molar-refractivity contribution < 1.29 is 14.6 Å². The first kappa shape index (κ1) is 15.3. The van der Waals surface area contributed by atoms with Crippen molar-refractivity contribution >= 4 is 0 Å². The van der Waals surface area contributed by atoms with Crippen molar-refractivity contribution in [1.29, 1.82) is 0 Å². The molecule has 2 aliphatic heterocycles. The van der Waals surface area contributed by atoms with Crippen molar-refractivity contribution in [2.75, 3.05) is 20.2 Å². The molecule has 1 saturated carbocycles. The summed E-state index contributed by atoms with van der Waals surface area (Å²) in [6, 6.07) is 4.75. The normalized spacial score (nSPS) is 33.9. The van der Waals surface area contributed by atoms with Crippen LogP contribution in [-0.2, 0) is 23.2 Å². The maximum atomic E-state index is 9.86. The van der Waals surface area contributed by atoms with E-state index in [1.807, 2.05) is 6.07 Å². The summed E-state index contributed by atoms with van der Waals surface area (Å²) < 4.78 is 12.2. The fraction of sp³-hybridized carbons (Fsp3) is 0.545. The summed E-state index contributed by atoms with van der Waals surface area (Å²) in [5.74, 6) is 2.73. The molecule has 0 amide bonds. The lowest BCUT2D eigenvalue weighted by Gasteiger charge is -2.53. The third-order valence-electron chi connectivity index (χ3n) is 7.26. The first-order valence-electron chi connectivity index (χ1n) is 9.89. The lowest BCUT2D eigenvalue weighted by molar-refractivity contribution is 0.0625. The summed E-state index contributed by atoms with van der Waals surface area (Å²) in [4.78, 5) is 2.72. The van der Waals surface area contributed by atoms with Crippen LogP contribution in [0.5, 0.6) is 5.75 Å². The summed E-state index contributed by atoms with van der Waals surface area (Å²) in [6.07, 6.45) is 9.26. The Morgan fingerprint density at radius 1 is 1.31 bits per heavy atom. The highest BCUT2D eigenvalue weighted by atomic mass is 16.5. The van der Waals surface area contributed by atoms with E-state index in [0.29, 0.717) is 6.04 Å². The van der Waals surface area contributed by atoms with Gasteiger partial charge in [0.15, 0.2) is 6.10 Å². The van der Waals surface area contributed by atoms with Crippen LogP contribution in [0.1, 0.15) is 36.0 Å². The molecular weight excluding hydrogens is 326 g/mol. The molecule has 1 aromatic rings. The van der Waals surface area contributed by atoms with Gasteiger partial charge < -0.3 is 14.6 Å². The standard InChI is InChI=1S/C22H25NO3/c1-25-18-7-6-16-17-10-14-4-5-15(12-24)20-19(14)22(16,21(18)26-20)8-9-23(17)11-13-2-3-13/h4-7,13,17,21,24H,2-3,8-12H2,1H3/t17-,21?,22+/m1/s1. The fourth-order valence-corrected chi connectivity index (χ4v) is 5.89. The molecule has 0 radical (unpaired) electrons. The number of aliphatic hydroxyl groups is 1. The first-order chi connectivity index (χ1) is 12.8. The van der Waals surface area contributed by atoms with E-state index in [1.165, 1.54) is 36.1 Å². The van der Waals surface area contributed by atoms with Gasteiger partial charge >= 0.3 is 0 Å². The van der Waals surface area contributed by atoms with Crippen molar-refractivity contribution in [3.63, 3.8) is 0 Å². The molecule has 2 heterocycles. The van der Waals surface area contributed by atoms with Crippen molar-refractivity contribution in [2.24, 2.45) is 5.92 Å². The minimum absolute atomic E-state index is 0.0216. The van der Waals surface area contributed by atoms with Gasteiger partial charge in [0.05, 0.1) is 19.1 Å². The monoisotopic (exact) mass is 351 g/mol. The molecule has 4 heteroatoms. The number of piperidine rings is 1. The minimum Gasteiger partial charge on any atom is -0.497 e. The zero-order chi connectivity index (χ0) is 17.5. The van der Waals surface area contributed by atoms with Gasteiger partial charge in [-0.2, -0.15) is 0 Å². The van der Waals surface area contributed by atoms with E-state index in [1.54, 1.807) is 7.11 Å². The Morgan fingerprint density at radius 2 is 2.19 bits per heavy atom. The van der Waals surface area contributed by atoms with Gasteiger partial charge in [-0.1, -0.05) is 18.2 Å². The lowest BCUT2D eigenvalue weighted by atomic mass is 9.57. The number of likely N-dealkylation sites (tertiary alicyclic amines) is 1. The van der Waals surface area contributed by atoms with E-state index in [9.17, 15) is 5.11 Å². The molecule has 1 unspecified atom stereocenters. The highest BCUT2D eigenvalue weighted by molar-refractivity contribution is 5.65. The van der Waals surface area contributed by atoms with Gasteiger partial charge in [-0.25, -0.2) is 0 Å². The molecule has 4 nitrogen and oxygen atoms in total. The van der Waals surface area contributed by atoms with Crippen LogP contribution < -0.4 is 4.74 Å². The molecule has 1 spiro atoms. The number of rotatable bonds is 4. The fourth-order valence-electron chi connectivity index (χ4n) is 5.89. The smallest absolute Gasteiger partial charge is 0.169 e. The number of ether oxygens (including phenoxy) is 2. The van der Waals surface area contributed by atoms with Gasteiger partial charge in [-0.05, 0) is 48.8 Å². The Morgan fingerprint density at radius 3 is 2.96 bits per heavy atom. The second kappa shape index (κ2) is 5.14. The maximum Gasteiger partial charge on any atom is 0.169 e. The van der Waals surface area contributed by atoms with Gasteiger partial charge in [-0.15, -0.1) is 0 Å². The summed E-state index contributed by atoms with van der Waals surface area (Å²) in [6.45, 7) is 2.38. The Bertz CT molecular complexity index is 853. The second-order valence-corrected chi connectivity index (χ2v) is 8.52. The van der Waals surface area contributed by atoms with Crippen LogP contribution in [0.25, 0.3) is 0 Å². The summed E-state index contributed by atoms with van der Waals surface area (Å²) in [7, 11) is 1.74. The van der Waals surface area contributed by atoms with Crippen molar-refractivity contribution in [1.82, 2.24) is 4.90 Å². The number of nitrogens with zero attached hydrogens (tertiary/aromatic N) is 1. The number of methoxy groups -OCH3 is 1. The van der Waals surface area contributed by atoms with Crippen LogP contribution in [0.3, 0.4) is 0 Å². The molecule has 2 fully saturated rings. The maximum absolute atomic E-state index is 9.86. The average molecular weight is 351 g/mol. The Kier molecular flexibility index (Phi) is 3.02. The lowest BCUT2D eigenvalue weighted by Crippen LogP contribution is -2.59. The molecule has 6 rings (SSSR count). The molecule has 3 atom stereocenters. The third-order valence-corrected chi connectivity index (χ3v) is 7.26. The third kappa shape index (κ3) is 1.77. The number of hydrogen-bond acceptors (Lipinski definition) is 4. The predicted octanol–water partition coefficient (Wildman–Crippen LogP) is 2.69. The van der Waals surface area contributed by atoms with Gasteiger partial charge in [0.1, 0.15) is 11.5 Å². The van der Waals surface area contributed by atoms with E-state index in [0.717, 1.165) is 42.4 Å². The van der Waals surface area contributed by atoms with Crippen LogP contribution in [0.15, 0.2) is 35.6 Å². The minimum atomic E-state index is -0.0983. The van der Waals surface area contributed by atoms with Crippen molar-refractivity contribution in [3.8, 4) is 5.75 Å². The highest BCUT2D eigenvalue weighted by Gasteiger charge is 2.62. The second-order valence-electron chi connectivity index (χ2n) is 8.52. The van der Waals surface area contributed by atoms with Crippen LogP contribution in [0, 0.1) is 5.92 Å². The largest absolute Gasteiger partial charge is 0.497 e. The number of hydrogen-bond donors (Lipinski definition) is 1. The van der Waals surface area contributed by atoms with Crippen molar-refractivity contribution in [3.05, 3.63) is 52.3 Å². The molecule has 0 aromatic heterocycles. The topological polar surface area (TPSA) is 41.9 Å². The zero-order valence-corrected chi connectivity index (χ0v) is 15.2. The summed E-state index contributed by atoms with van der Waals surface area (Å²) in [5, 5.41) is 9.86. The molecule has 26 heavy (non-hydrogen) atoms. The van der Waals surface area contributed by atoms with Crippen LogP contribution in [-0.4, -0.2) is 42.4 Å². The molecule has 5 aliphatic rings. The summed E-state index contributed by atoms with van der Waals surface area (Å²) >= 11 is 0. The van der Waals surface area contributed by atoms with Gasteiger partial charge in [-0.3, -0.25) is 4.90 Å². The van der Waals surface area contributed by atoms with Crippen LogP contribution in [0.4, 0.5) is 0 Å². The Hall–Kier alpha value is -1.78. The quantitative estimate of drug-likeness (QED) is 0.906. The molecule has 1 aromatic carbocycles. The van der Waals surface area contributed by atoms with Crippen LogP contribution in [0.2, 0.25) is 0 Å². The average Bonchev–Trinajstić information content (AvgIpc) is 3.41. The number of aliphatic hydroxyl groups excluding tert-OH is 1. The molecular formula is C22H25NO3. The summed E-state index contributed by atoms with van der Waals surface area (Å²) in [5.41, 5.74) is 5.06. The van der Waals surface area contributed by atoms with Gasteiger partial charge in [0, 0.05) is 30.3 Å².